The van der Waals surface area contributed by atoms with Crippen molar-refractivity contribution in [2.24, 2.45) is 0 Å². The summed E-state index contributed by atoms with van der Waals surface area (Å²) in [5.74, 6) is 1.89. The van der Waals surface area contributed by atoms with E-state index in [-0.39, 0.29) is 0 Å². The van der Waals surface area contributed by atoms with Crippen LogP contribution in [-0.2, 0) is 5.72 Å². The summed E-state index contributed by atoms with van der Waals surface area (Å²) in [5, 5.41) is 12.9. The van der Waals surface area contributed by atoms with Gasteiger partial charge < -0.3 is 9.84 Å². The number of hydrogen-bond acceptors (Lipinski definition) is 4. The van der Waals surface area contributed by atoms with Crippen LogP contribution in [0.2, 0.25) is 0 Å². The maximum atomic E-state index is 11.7. The van der Waals surface area contributed by atoms with E-state index in [9.17, 15) is 5.11 Å². The minimum absolute atomic E-state index is 0.534. The lowest BCUT2D eigenvalue weighted by atomic mass is 10.0. The van der Waals surface area contributed by atoms with E-state index in [4.69, 9.17) is 4.74 Å². The number of anilines is 1. The summed E-state index contributed by atoms with van der Waals surface area (Å²) in [7, 11) is 1.66. The fourth-order valence-electron chi connectivity index (χ4n) is 3.82. The molecule has 1 N–H and O–H groups in total. The molecule has 0 radical (unpaired) electrons. The van der Waals surface area contributed by atoms with E-state index in [1.807, 2.05) is 36.0 Å². The number of thioether (sulfide) groups is 1. The van der Waals surface area contributed by atoms with E-state index < -0.39 is 5.72 Å². The lowest BCUT2D eigenvalue weighted by Crippen LogP contribution is -2.41. The zero-order valence-electron chi connectivity index (χ0n) is 15.5. The number of aryl methyl sites for hydroxylation is 1. The number of rotatable bonds is 3. The van der Waals surface area contributed by atoms with E-state index in [1.165, 1.54) is 16.8 Å². The van der Waals surface area contributed by atoms with Crippen LogP contribution in [0, 0.1) is 13.8 Å². The number of hydrogen-bond donors (Lipinski definition) is 1. The summed E-state index contributed by atoms with van der Waals surface area (Å²) >= 11 is 1.84. The molecule has 0 aromatic heterocycles. The van der Waals surface area contributed by atoms with Crippen LogP contribution in [0.4, 0.5) is 5.69 Å². The van der Waals surface area contributed by atoms with Gasteiger partial charge in [0.05, 0.1) is 13.7 Å². The van der Waals surface area contributed by atoms with Crippen molar-refractivity contribution in [3.05, 3.63) is 59.2 Å². The molecule has 4 nitrogen and oxygen atoms in total. The highest BCUT2D eigenvalue weighted by Crippen LogP contribution is 2.39. The molecule has 136 valence electrons. The van der Waals surface area contributed by atoms with Crippen LogP contribution in [0.5, 0.6) is 5.75 Å². The highest BCUT2D eigenvalue weighted by atomic mass is 32.2. The van der Waals surface area contributed by atoms with Gasteiger partial charge in [0.1, 0.15) is 11.4 Å². The maximum absolute atomic E-state index is 11.7. The average molecular weight is 370 g/mol. The summed E-state index contributed by atoms with van der Waals surface area (Å²) in [4.78, 5) is 2.29. The van der Waals surface area contributed by atoms with Gasteiger partial charge in [0.25, 0.3) is 5.72 Å². The molecule has 0 spiro atoms. The van der Waals surface area contributed by atoms with Gasteiger partial charge in [-0.2, -0.15) is 0 Å². The fourth-order valence-corrected chi connectivity index (χ4v) is 4.99. The Morgan fingerprint density at radius 3 is 2.65 bits per heavy atom. The van der Waals surface area contributed by atoms with Crippen molar-refractivity contribution in [2.45, 2.75) is 26.0 Å². The Bertz CT molecular complexity index is 863. The standard InChI is InChI=1S/C21H25N2O2S/c1-15-6-4-7-19(16(15)2)22-14-21(24,23-12-5-13-26-20(22)23)17-8-10-18(25-3)11-9-17/h4,6-11,24H,5,12-14H2,1-3H3/q+1/t21-/m1/s1. The number of methoxy groups -OCH3 is 1. The largest absolute Gasteiger partial charge is 0.497 e. The zero-order chi connectivity index (χ0) is 18.3. The Morgan fingerprint density at radius 2 is 1.92 bits per heavy atom. The second kappa shape index (κ2) is 6.63. The van der Waals surface area contributed by atoms with E-state index in [1.54, 1.807) is 7.11 Å². The number of nitrogens with zero attached hydrogens (tertiary/aromatic N) is 2. The van der Waals surface area contributed by atoms with E-state index in [2.05, 4.69) is 41.5 Å². The van der Waals surface area contributed by atoms with Gasteiger partial charge >= 0.3 is 5.17 Å². The molecule has 0 unspecified atom stereocenters. The second-order valence-corrected chi connectivity index (χ2v) is 8.05. The minimum Gasteiger partial charge on any atom is -0.497 e. The highest BCUT2D eigenvalue weighted by molar-refractivity contribution is 8.13. The van der Waals surface area contributed by atoms with Crippen molar-refractivity contribution in [2.75, 3.05) is 30.9 Å². The van der Waals surface area contributed by atoms with Gasteiger partial charge in [0.2, 0.25) is 0 Å². The molecule has 0 fully saturated rings. The third-order valence-corrected chi connectivity index (χ3v) is 6.66. The predicted octanol–water partition coefficient (Wildman–Crippen LogP) is 3.48. The van der Waals surface area contributed by atoms with Crippen molar-refractivity contribution >= 4 is 22.6 Å². The van der Waals surface area contributed by atoms with Crippen molar-refractivity contribution in [1.29, 1.82) is 0 Å². The van der Waals surface area contributed by atoms with Gasteiger partial charge in [-0.05, 0) is 73.5 Å². The Balaban J connectivity index is 1.80. The smallest absolute Gasteiger partial charge is 0.316 e. The quantitative estimate of drug-likeness (QED) is 0.841. The third kappa shape index (κ3) is 2.70. The lowest BCUT2D eigenvalue weighted by Gasteiger charge is -2.24. The zero-order valence-corrected chi connectivity index (χ0v) is 16.3. The Labute approximate surface area is 159 Å². The topological polar surface area (TPSA) is 35.7 Å². The van der Waals surface area contributed by atoms with E-state index in [0.29, 0.717) is 6.54 Å². The first kappa shape index (κ1) is 17.4. The number of β-amino-alcohol motifs (C(OH)–C–C–N with tert-alkyl or cyclic N) is 1. The molecule has 4 rings (SSSR count). The summed E-state index contributed by atoms with van der Waals surface area (Å²) in [6, 6.07) is 14.2. The molecule has 2 aliphatic rings. The number of aliphatic hydroxyl groups is 1. The molecule has 2 heterocycles. The monoisotopic (exact) mass is 369 g/mol. The molecule has 0 saturated heterocycles. The van der Waals surface area contributed by atoms with E-state index >= 15 is 0 Å². The fraction of sp³-hybridized carbons (Fsp3) is 0.381. The molecular weight excluding hydrogens is 344 g/mol. The molecule has 1 atom stereocenters. The molecule has 5 heteroatoms. The van der Waals surface area contributed by atoms with Gasteiger partial charge in [0, 0.05) is 11.3 Å². The van der Waals surface area contributed by atoms with Crippen LogP contribution >= 0.6 is 11.8 Å². The second-order valence-electron chi connectivity index (χ2n) is 6.99. The Hall–Kier alpha value is -1.98. The molecule has 2 aliphatic heterocycles. The molecule has 2 aromatic carbocycles. The Kier molecular flexibility index (Phi) is 4.45. The van der Waals surface area contributed by atoms with Crippen LogP contribution in [0.3, 0.4) is 0 Å². The predicted molar refractivity (Wildman–Crippen MR) is 107 cm³/mol. The van der Waals surface area contributed by atoms with Crippen molar-refractivity contribution in [3.63, 3.8) is 0 Å². The first-order valence-electron chi connectivity index (χ1n) is 9.02. The van der Waals surface area contributed by atoms with E-state index in [0.717, 1.165) is 35.2 Å². The third-order valence-electron chi connectivity index (χ3n) is 5.46. The summed E-state index contributed by atoms with van der Waals surface area (Å²) in [6.45, 7) is 5.70. The van der Waals surface area contributed by atoms with Gasteiger partial charge in [0.15, 0.2) is 6.54 Å². The van der Waals surface area contributed by atoms with Crippen LogP contribution in [0.1, 0.15) is 23.1 Å². The van der Waals surface area contributed by atoms with Crippen LogP contribution in [-0.4, -0.2) is 40.8 Å². The molecule has 0 bridgehead atoms. The molecule has 0 amide bonds. The summed E-state index contributed by atoms with van der Waals surface area (Å²) < 4.78 is 7.45. The number of benzene rings is 2. The van der Waals surface area contributed by atoms with Gasteiger partial charge in [-0.25, -0.2) is 9.48 Å². The normalized spacial score (nSPS) is 22.5. The van der Waals surface area contributed by atoms with Crippen LogP contribution < -0.4 is 9.64 Å². The van der Waals surface area contributed by atoms with Crippen LogP contribution in [0.15, 0.2) is 42.5 Å². The maximum Gasteiger partial charge on any atom is 0.316 e. The van der Waals surface area contributed by atoms with Gasteiger partial charge in [-0.1, -0.05) is 12.1 Å². The molecule has 2 aromatic rings. The Morgan fingerprint density at radius 1 is 1.15 bits per heavy atom. The summed E-state index contributed by atoms with van der Waals surface area (Å²) in [6.07, 6.45) is 1.08. The SMILES string of the molecule is COc1ccc([C@]2(O)CN(c3cccc(C)c3C)C3=[N+]2CCCS3)cc1. The van der Waals surface area contributed by atoms with Gasteiger partial charge in [-0.15, -0.1) is 0 Å². The lowest BCUT2D eigenvalue weighted by molar-refractivity contribution is -0.656. The minimum atomic E-state index is -1.02. The molecular formula is C21H25N2O2S+. The van der Waals surface area contributed by atoms with Gasteiger partial charge in [-0.3, -0.25) is 0 Å². The first-order valence-corrected chi connectivity index (χ1v) is 10.0. The first-order chi connectivity index (χ1) is 12.5. The average Bonchev–Trinajstić information content (AvgIpc) is 2.98. The van der Waals surface area contributed by atoms with Crippen molar-refractivity contribution in [1.82, 2.24) is 0 Å². The highest BCUT2D eigenvalue weighted by Gasteiger charge is 2.53. The van der Waals surface area contributed by atoms with Crippen LogP contribution in [0.25, 0.3) is 0 Å². The number of ether oxygens (including phenoxy) is 1. The molecule has 0 saturated carbocycles. The molecule has 0 aliphatic carbocycles. The molecule has 26 heavy (non-hydrogen) atoms. The van der Waals surface area contributed by atoms with Crippen molar-refractivity contribution in [3.8, 4) is 5.75 Å². The van der Waals surface area contributed by atoms with Crippen molar-refractivity contribution < 1.29 is 14.4 Å². The summed E-state index contributed by atoms with van der Waals surface area (Å²) in [5.41, 5.74) is 3.61. The number of amidine groups is 1.